The molecule has 42 heavy (non-hydrogen) atoms. The Labute approximate surface area is 252 Å². The van der Waals surface area contributed by atoms with Gasteiger partial charge in [0.1, 0.15) is 6.04 Å². The number of aliphatic carboxylic acids is 1. The van der Waals surface area contributed by atoms with Gasteiger partial charge in [-0.15, -0.1) is 0 Å². The van der Waals surface area contributed by atoms with Crippen molar-refractivity contribution in [3.05, 3.63) is 87.4 Å². The molecule has 226 valence electrons. The van der Waals surface area contributed by atoms with Crippen LogP contribution in [-0.4, -0.2) is 35.7 Å². The number of rotatable bonds is 9. The van der Waals surface area contributed by atoms with Crippen LogP contribution < -0.4 is 10.0 Å². The van der Waals surface area contributed by atoms with E-state index in [-0.39, 0.29) is 26.9 Å². The summed E-state index contributed by atoms with van der Waals surface area (Å²) >= 11 is 11.6. The van der Waals surface area contributed by atoms with Gasteiger partial charge in [0.2, 0.25) is 0 Å². The van der Waals surface area contributed by atoms with Crippen LogP contribution in [0.1, 0.15) is 42.3 Å². The number of benzene rings is 3. The number of anilines is 1. The fraction of sp³-hybridized carbons (Fsp3) is 0.259. The maximum Gasteiger partial charge on any atom is 0.417 e. The molecule has 3 rings (SSSR count). The van der Waals surface area contributed by atoms with E-state index in [1.165, 1.54) is 42.5 Å². The van der Waals surface area contributed by atoms with Crippen molar-refractivity contribution < 1.29 is 40.5 Å². The molecule has 0 fully saturated rings. The monoisotopic (exact) mass is 664 g/mol. The van der Waals surface area contributed by atoms with Crippen LogP contribution in [0.3, 0.4) is 0 Å². The Bertz CT molecular complexity index is 1640. The van der Waals surface area contributed by atoms with Crippen molar-refractivity contribution in [1.82, 2.24) is 5.32 Å². The first-order valence-electron chi connectivity index (χ1n) is 12.0. The number of carbonyl (C=O) groups excluding carboxylic acids is 1. The number of alkyl halides is 3. The first kappa shape index (κ1) is 33.4. The number of carboxylic acid groups (broad SMARTS) is 1. The largest absolute Gasteiger partial charge is 0.480 e. The summed E-state index contributed by atoms with van der Waals surface area (Å²) in [6.07, 6.45) is -4.90. The van der Waals surface area contributed by atoms with Gasteiger partial charge in [-0.05, 0) is 59.5 Å². The lowest BCUT2D eigenvalue weighted by molar-refractivity contribution is -0.142. The van der Waals surface area contributed by atoms with Gasteiger partial charge < -0.3 is 10.4 Å². The third kappa shape index (κ3) is 8.24. The summed E-state index contributed by atoms with van der Waals surface area (Å²) in [7, 11) is -6.47. The Kier molecular flexibility index (Phi) is 10.0. The average Bonchev–Trinajstić information content (AvgIpc) is 2.85. The lowest BCUT2D eigenvalue weighted by Crippen LogP contribution is -2.49. The lowest BCUT2D eigenvalue weighted by Gasteiger charge is -2.27. The molecule has 0 aromatic heterocycles. The summed E-state index contributed by atoms with van der Waals surface area (Å²) in [5, 5.41) is 11.3. The van der Waals surface area contributed by atoms with E-state index in [0.29, 0.717) is 11.6 Å². The molecule has 3 aromatic rings. The maximum absolute atomic E-state index is 13.3. The number of sulfonamides is 1. The van der Waals surface area contributed by atoms with Gasteiger partial charge in [0.25, 0.3) is 15.9 Å². The lowest BCUT2D eigenvalue weighted by atomic mass is 9.86. The Morgan fingerprint density at radius 3 is 2.14 bits per heavy atom. The molecule has 0 saturated carbocycles. The van der Waals surface area contributed by atoms with Crippen molar-refractivity contribution in [3.8, 4) is 0 Å². The number of carbonyl (C=O) groups is 2. The van der Waals surface area contributed by atoms with Crippen molar-refractivity contribution in [2.45, 2.75) is 48.5 Å². The van der Waals surface area contributed by atoms with E-state index in [9.17, 15) is 40.5 Å². The van der Waals surface area contributed by atoms with Crippen molar-refractivity contribution in [2.24, 2.45) is 5.41 Å². The zero-order valence-electron chi connectivity index (χ0n) is 22.3. The smallest absolute Gasteiger partial charge is 0.417 e. The Hall–Kier alpha value is -3.13. The summed E-state index contributed by atoms with van der Waals surface area (Å²) in [5.41, 5.74) is -1.63. The zero-order valence-corrected chi connectivity index (χ0v) is 25.4. The first-order chi connectivity index (χ1) is 19.3. The van der Waals surface area contributed by atoms with Gasteiger partial charge in [0.05, 0.1) is 42.6 Å². The minimum atomic E-state index is -4.90. The van der Waals surface area contributed by atoms with Crippen molar-refractivity contribution >= 4 is 61.6 Å². The minimum absolute atomic E-state index is 0.00396. The number of carboxylic acids is 1. The van der Waals surface area contributed by atoms with Gasteiger partial charge in [-0.25, -0.2) is 13.2 Å². The highest BCUT2D eigenvalue weighted by molar-refractivity contribution is 7.92. The Morgan fingerprint density at radius 2 is 1.60 bits per heavy atom. The van der Waals surface area contributed by atoms with E-state index in [1.807, 2.05) is 0 Å². The van der Waals surface area contributed by atoms with Gasteiger partial charge >= 0.3 is 12.1 Å². The third-order valence-corrected chi connectivity index (χ3v) is 9.26. The number of hydrogen-bond donors (Lipinski definition) is 3. The number of hydrogen-bond acceptors (Lipinski definition) is 5. The van der Waals surface area contributed by atoms with E-state index in [1.54, 1.807) is 20.8 Å². The highest BCUT2D eigenvalue weighted by Gasteiger charge is 2.35. The van der Waals surface area contributed by atoms with Crippen molar-refractivity contribution in [3.63, 3.8) is 0 Å². The molecule has 8 nitrogen and oxygen atoms in total. The number of nitrogens with one attached hydrogen (secondary N) is 2. The molecular weight excluding hydrogens is 640 g/mol. The first-order valence-corrected chi connectivity index (χ1v) is 15.6. The van der Waals surface area contributed by atoms with Crippen LogP contribution in [0.25, 0.3) is 0 Å². The van der Waals surface area contributed by atoms with E-state index < -0.39 is 65.8 Å². The van der Waals surface area contributed by atoms with Crippen LogP contribution in [0.15, 0.2) is 70.5 Å². The molecule has 0 aliphatic carbocycles. The summed E-state index contributed by atoms with van der Waals surface area (Å²) in [6, 6.07) is 10.7. The second-order valence-electron chi connectivity index (χ2n) is 10.2. The molecule has 0 aliphatic rings. The normalized spacial score (nSPS) is 13.7. The average molecular weight is 666 g/mol. The van der Waals surface area contributed by atoms with Gasteiger partial charge in [-0.2, -0.15) is 13.2 Å². The predicted molar refractivity (Wildman–Crippen MR) is 154 cm³/mol. The molecule has 0 heterocycles. The van der Waals surface area contributed by atoms with Gasteiger partial charge in [-0.1, -0.05) is 56.1 Å². The molecule has 3 aromatic carbocycles. The molecule has 0 radical (unpaired) electrons. The fourth-order valence-electron chi connectivity index (χ4n) is 3.72. The van der Waals surface area contributed by atoms with Crippen LogP contribution in [0.4, 0.5) is 18.9 Å². The molecule has 0 bridgehead atoms. The maximum atomic E-state index is 13.3. The number of halogens is 5. The number of amides is 1. The summed E-state index contributed by atoms with van der Waals surface area (Å²) in [5.74, 6) is -1.93. The topological polar surface area (TPSA) is 130 Å². The quantitative estimate of drug-likeness (QED) is 0.244. The highest BCUT2D eigenvalue weighted by Crippen LogP contribution is 2.36. The van der Waals surface area contributed by atoms with Crippen LogP contribution in [0.2, 0.25) is 10.0 Å². The van der Waals surface area contributed by atoms with Gasteiger partial charge in [0.15, 0.2) is 0 Å². The van der Waals surface area contributed by atoms with E-state index >= 15 is 0 Å². The molecule has 0 saturated heterocycles. The van der Waals surface area contributed by atoms with E-state index in [2.05, 4.69) is 10.0 Å². The predicted octanol–water partition coefficient (Wildman–Crippen LogP) is 6.35. The molecular formula is C27H25Cl2F3N2O6S2. The molecule has 15 heteroatoms. The summed E-state index contributed by atoms with van der Waals surface area (Å²) < 4.78 is 81.2. The van der Waals surface area contributed by atoms with Crippen LogP contribution in [-0.2, 0) is 37.5 Å². The summed E-state index contributed by atoms with van der Waals surface area (Å²) in [6.45, 7) is 5.01. The summed E-state index contributed by atoms with van der Waals surface area (Å²) in [4.78, 5) is 23.4. The van der Waals surface area contributed by atoms with Gasteiger partial charge in [-0.3, -0.25) is 13.7 Å². The SMILES string of the molecule is CC(C)(C)C(NC(=O)c1ccc(CS(=O)c2ccc(Cl)cc2NS(=O)(=O)c2ccc(Cl)c(C(F)(F)F)c2)cc1)C(=O)O. The fourth-order valence-corrected chi connectivity index (χ4v) is 6.50. The Balaban J connectivity index is 1.83. The molecule has 1 amide bonds. The van der Waals surface area contributed by atoms with Crippen LogP contribution in [0.5, 0.6) is 0 Å². The minimum Gasteiger partial charge on any atom is -0.480 e. The zero-order chi connectivity index (χ0) is 31.6. The molecule has 2 atom stereocenters. The molecule has 0 aliphatic heterocycles. The Morgan fingerprint density at radius 1 is 0.976 bits per heavy atom. The van der Waals surface area contributed by atoms with Crippen molar-refractivity contribution in [2.75, 3.05) is 4.72 Å². The van der Waals surface area contributed by atoms with Crippen molar-refractivity contribution in [1.29, 1.82) is 0 Å². The molecule has 3 N–H and O–H groups in total. The van der Waals surface area contributed by atoms with E-state index in [4.69, 9.17) is 23.2 Å². The second kappa shape index (κ2) is 12.6. The third-order valence-electron chi connectivity index (χ3n) is 5.89. The van der Waals surface area contributed by atoms with Crippen LogP contribution >= 0.6 is 23.2 Å². The van der Waals surface area contributed by atoms with E-state index in [0.717, 1.165) is 12.1 Å². The molecule has 2 unspecified atom stereocenters. The molecule has 0 spiro atoms. The second-order valence-corrected chi connectivity index (χ2v) is 14.1. The standard InChI is InChI=1S/C27H25Cl2F3N2O6S2/c1-26(2,3)23(25(36)37)33-24(35)16-6-4-15(5-7-16)14-41(38)22-11-8-17(28)12-21(22)34-42(39,40)18-9-10-20(29)19(13-18)27(30,31)32/h4-13,23,34H,14H2,1-3H3,(H,33,35)(H,36,37). The van der Waals surface area contributed by atoms with Gasteiger partial charge in [0, 0.05) is 10.6 Å². The highest BCUT2D eigenvalue weighted by atomic mass is 35.5. The van der Waals surface area contributed by atoms with Crippen LogP contribution in [0, 0.1) is 5.41 Å².